The van der Waals surface area contributed by atoms with Crippen molar-refractivity contribution in [1.82, 2.24) is 15.0 Å². The molecule has 2 aromatic rings. The van der Waals surface area contributed by atoms with E-state index in [1.165, 1.54) is 0 Å². The lowest BCUT2D eigenvalue weighted by Crippen LogP contribution is -2.20. The molecule has 0 aliphatic rings. The molecule has 0 aliphatic heterocycles. The second kappa shape index (κ2) is 6.10. The van der Waals surface area contributed by atoms with Crippen molar-refractivity contribution in [2.75, 3.05) is 11.9 Å². The number of amides is 1. The smallest absolute Gasteiger partial charge is 0.224 e. The lowest BCUT2D eigenvalue weighted by atomic mass is 10.1. The third kappa shape index (κ3) is 3.38. The number of nitrogens with two attached hydrogens (primary N) is 1. The Bertz CT molecular complexity index is 538. The lowest BCUT2D eigenvalue weighted by Gasteiger charge is -2.12. The minimum atomic E-state index is -0.0504. The highest BCUT2D eigenvalue weighted by molar-refractivity contribution is 5.92. The second-order valence-electron chi connectivity index (χ2n) is 4.46. The molecule has 6 heteroatoms. The van der Waals surface area contributed by atoms with Crippen LogP contribution in [-0.2, 0) is 4.79 Å². The molecular weight excluding hydrogens is 242 g/mol. The first-order valence-electron chi connectivity index (χ1n) is 6.16. The van der Waals surface area contributed by atoms with Crippen LogP contribution in [0.4, 0.5) is 5.69 Å². The van der Waals surface area contributed by atoms with Crippen LogP contribution in [0.25, 0.3) is 5.69 Å². The van der Waals surface area contributed by atoms with E-state index in [2.05, 4.69) is 15.6 Å². The Hall–Kier alpha value is -2.21. The molecule has 0 saturated carbocycles. The number of aromatic nitrogens is 3. The minimum absolute atomic E-state index is 0.0504. The number of rotatable bonds is 5. The van der Waals surface area contributed by atoms with Crippen molar-refractivity contribution < 1.29 is 4.79 Å². The fraction of sp³-hybridized carbons (Fsp3) is 0.308. The maximum atomic E-state index is 11.9. The van der Waals surface area contributed by atoms with Crippen molar-refractivity contribution in [3.63, 3.8) is 0 Å². The van der Waals surface area contributed by atoms with E-state index in [1.54, 1.807) is 17.1 Å². The third-order valence-electron chi connectivity index (χ3n) is 2.78. The summed E-state index contributed by atoms with van der Waals surface area (Å²) in [5.74, 6) is 0.115. The first-order valence-corrected chi connectivity index (χ1v) is 6.16. The number of para-hydroxylation sites is 2. The SMILES string of the molecule is CC(CN)CC(=O)Nc1ccccc1-n1ccnn1. The van der Waals surface area contributed by atoms with Crippen LogP contribution in [0.2, 0.25) is 0 Å². The van der Waals surface area contributed by atoms with Crippen molar-refractivity contribution in [2.45, 2.75) is 13.3 Å². The summed E-state index contributed by atoms with van der Waals surface area (Å²) in [6.07, 6.45) is 3.73. The number of hydrogen-bond donors (Lipinski definition) is 2. The summed E-state index contributed by atoms with van der Waals surface area (Å²) >= 11 is 0. The van der Waals surface area contributed by atoms with E-state index in [4.69, 9.17) is 5.73 Å². The van der Waals surface area contributed by atoms with Crippen LogP contribution in [0.5, 0.6) is 0 Å². The van der Waals surface area contributed by atoms with Gasteiger partial charge < -0.3 is 11.1 Å². The van der Waals surface area contributed by atoms with Gasteiger partial charge in [-0.05, 0) is 24.6 Å². The molecule has 0 saturated heterocycles. The van der Waals surface area contributed by atoms with E-state index in [-0.39, 0.29) is 11.8 Å². The van der Waals surface area contributed by atoms with Gasteiger partial charge in [0.2, 0.25) is 5.91 Å². The molecule has 19 heavy (non-hydrogen) atoms. The quantitative estimate of drug-likeness (QED) is 0.844. The maximum Gasteiger partial charge on any atom is 0.224 e. The minimum Gasteiger partial charge on any atom is -0.330 e. The zero-order valence-electron chi connectivity index (χ0n) is 10.8. The predicted molar refractivity (Wildman–Crippen MR) is 72.8 cm³/mol. The topological polar surface area (TPSA) is 85.8 Å². The van der Waals surface area contributed by atoms with E-state index < -0.39 is 0 Å². The van der Waals surface area contributed by atoms with E-state index in [0.29, 0.717) is 18.7 Å². The number of benzene rings is 1. The number of carbonyl (C=O) groups is 1. The summed E-state index contributed by atoms with van der Waals surface area (Å²) in [5, 5.41) is 10.6. The molecule has 1 heterocycles. The van der Waals surface area contributed by atoms with Crippen molar-refractivity contribution in [3.8, 4) is 5.69 Å². The molecule has 3 N–H and O–H groups in total. The average molecular weight is 259 g/mol. The van der Waals surface area contributed by atoms with Crippen molar-refractivity contribution in [2.24, 2.45) is 11.7 Å². The molecule has 100 valence electrons. The molecule has 1 aromatic heterocycles. The Kier molecular flexibility index (Phi) is 4.25. The number of carbonyl (C=O) groups excluding carboxylic acids is 1. The monoisotopic (exact) mass is 259 g/mol. The molecule has 2 rings (SSSR count). The van der Waals surface area contributed by atoms with Gasteiger partial charge in [-0.15, -0.1) is 5.10 Å². The highest BCUT2D eigenvalue weighted by atomic mass is 16.1. The molecule has 0 bridgehead atoms. The van der Waals surface area contributed by atoms with E-state index in [1.807, 2.05) is 31.2 Å². The number of nitrogens with one attached hydrogen (secondary N) is 1. The van der Waals surface area contributed by atoms with Crippen LogP contribution >= 0.6 is 0 Å². The summed E-state index contributed by atoms with van der Waals surface area (Å²) in [6.45, 7) is 2.45. The van der Waals surface area contributed by atoms with Gasteiger partial charge in [0.15, 0.2) is 0 Å². The Labute approximate surface area is 111 Å². The van der Waals surface area contributed by atoms with Crippen LogP contribution in [-0.4, -0.2) is 27.4 Å². The highest BCUT2D eigenvalue weighted by Crippen LogP contribution is 2.19. The van der Waals surface area contributed by atoms with Gasteiger partial charge >= 0.3 is 0 Å². The molecule has 1 aromatic carbocycles. The zero-order chi connectivity index (χ0) is 13.7. The van der Waals surface area contributed by atoms with E-state index in [0.717, 1.165) is 5.69 Å². The number of hydrogen-bond acceptors (Lipinski definition) is 4. The molecule has 0 fully saturated rings. The maximum absolute atomic E-state index is 11.9. The lowest BCUT2D eigenvalue weighted by molar-refractivity contribution is -0.116. The molecule has 6 nitrogen and oxygen atoms in total. The van der Waals surface area contributed by atoms with E-state index in [9.17, 15) is 4.79 Å². The van der Waals surface area contributed by atoms with Crippen molar-refractivity contribution in [1.29, 1.82) is 0 Å². The summed E-state index contributed by atoms with van der Waals surface area (Å²) in [5.41, 5.74) is 7.01. The summed E-state index contributed by atoms with van der Waals surface area (Å²) in [7, 11) is 0. The van der Waals surface area contributed by atoms with Crippen molar-refractivity contribution in [3.05, 3.63) is 36.7 Å². The predicted octanol–water partition coefficient (Wildman–Crippen LogP) is 1.19. The van der Waals surface area contributed by atoms with Crippen LogP contribution < -0.4 is 11.1 Å². The van der Waals surface area contributed by atoms with Crippen LogP contribution in [0.15, 0.2) is 36.7 Å². The number of anilines is 1. The third-order valence-corrected chi connectivity index (χ3v) is 2.78. The van der Waals surface area contributed by atoms with Crippen LogP contribution in [0.3, 0.4) is 0 Å². The highest BCUT2D eigenvalue weighted by Gasteiger charge is 2.11. The van der Waals surface area contributed by atoms with Crippen LogP contribution in [0, 0.1) is 5.92 Å². The van der Waals surface area contributed by atoms with Gasteiger partial charge in [0.25, 0.3) is 0 Å². The summed E-state index contributed by atoms with van der Waals surface area (Å²) < 4.78 is 1.61. The van der Waals surface area contributed by atoms with E-state index >= 15 is 0 Å². The molecule has 1 atom stereocenters. The average Bonchev–Trinajstić information content (AvgIpc) is 2.93. The molecule has 0 spiro atoms. The van der Waals surface area contributed by atoms with Gasteiger partial charge in [0.05, 0.1) is 23.8 Å². The first-order chi connectivity index (χ1) is 9.20. The van der Waals surface area contributed by atoms with Gasteiger partial charge in [-0.25, -0.2) is 4.68 Å². The Balaban J connectivity index is 2.15. The van der Waals surface area contributed by atoms with Gasteiger partial charge in [0.1, 0.15) is 0 Å². The fourth-order valence-electron chi connectivity index (χ4n) is 1.72. The molecule has 1 unspecified atom stereocenters. The second-order valence-corrected chi connectivity index (χ2v) is 4.46. The van der Waals surface area contributed by atoms with Crippen LogP contribution in [0.1, 0.15) is 13.3 Å². The molecule has 0 aliphatic carbocycles. The van der Waals surface area contributed by atoms with Crippen molar-refractivity contribution >= 4 is 11.6 Å². The van der Waals surface area contributed by atoms with Gasteiger partial charge in [0, 0.05) is 6.42 Å². The Morgan fingerprint density at radius 2 is 2.26 bits per heavy atom. The standard InChI is InChI=1S/C13H17N5O/c1-10(9-14)8-13(19)16-11-4-2-3-5-12(11)18-7-6-15-17-18/h2-7,10H,8-9,14H2,1H3,(H,16,19). The Morgan fingerprint density at radius 3 is 2.95 bits per heavy atom. The van der Waals surface area contributed by atoms with Gasteiger partial charge in [-0.2, -0.15) is 0 Å². The Morgan fingerprint density at radius 1 is 1.47 bits per heavy atom. The summed E-state index contributed by atoms with van der Waals surface area (Å²) in [4.78, 5) is 11.9. The van der Waals surface area contributed by atoms with Gasteiger partial charge in [-0.3, -0.25) is 4.79 Å². The number of nitrogens with zero attached hydrogens (tertiary/aromatic N) is 3. The van der Waals surface area contributed by atoms with Gasteiger partial charge in [-0.1, -0.05) is 24.3 Å². The zero-order valence-corrected chi connectivity index (χ0v) is 10.8. The summed E-state index contributed by atoms with van der Waals surface area (Å²) in [6, 6.07) is 7.45. The molecular formula is C13H17N5O. The molecule has 1 amide bonds. The largest absolute Gasteiger partial charge is 0.330 e. The first kappa shape index (κ1) is 13.2. The normalized spacial score (nSPS) is 12.1. The molecule has 0 radical (unpaired) electrons. The fourth-order valence-corrected chi connectivity index (χ4v) is 1.72.